The van der Waals surface area contributed by atoms with Crippen molar-refractivity contribution >= 4 is 46.2 Å². The normalized spacial score (nSPS) is 11.2. The molecule has 0 spiro atoms. The van der Waals surface area contributed by atoms with Gasteiger partial charge in [-0.1, -0.05) is 24.3 Å². The molecular formula is C22H16N8O6. The number of rotatable bonds is 8. The Balaban J connectivity index is 1.58. The van der Waals surface area contributed by atoms with Crippen molar-refractivity contribution in [2.75, 3.05) is 10.9 Å². The van der Waals surface area contributed by atoms with Gasteiger partial charge < -0.3 is 10.2 Å². The first-order valence-corrected chi connectivity index (χ1v) is 10.1. The zero-order valence-corrected chi connectivity index (χ0v) is 18.1. The van der Waals surface area contributed by atoms with E-state index in [4.69, 9.17) is 0 Å². The molecule has 0 saturated carbocycles. The molecule has 0 fully saturated rings. The molecule has 0 unspecified atom stereocenters. The van der Waals surface area contributed by atoms with E-state index in [9.17, 15) is 30.4 Å². The number of hydrazone groups is 2. The molecule has 0 bridgehead atoms. The lowest BCUT2D eigenvalue weighted by molar-refractivity contribution is -0.385. The van der Waals surface area contributed by atoms with Crippen molar-refractivity contribution in [1.82, 2.24) is 10.2 Å². The van der Waals surface area contributed by atoms with Crippen molar-refractivity contribution in [3.8, 4) is 11.5 Å². The van der Waals surface area contributed by atoms with Crippen LogP contribution >= 0.6 is 0 Å². The van der Waals surface area contributed by atoms with E-state index in [0.717, 1.165) is 12.1 Å². The van der Waals surface area contributed by atoms with Gasteiger partial charge in [-0.3, -0.25) is 31.1 Å². The summed E-state index contributed by atoms with van der Waals surface area (Å²) in [5.74, 6) is 0.171. The molecule has 4 aromatic rings. The van der Waals surface area contributed by atoms with E-state index in [1.54, 1.807) is 24.3 Å². The first-order chi connectivity index (χ1) is 17.3. The standard InChI is InChI=1S/C22H16N8O6/c31-15-5-7-19(29(33)34)13(9-15)11-23-25-21-17-3-1-2-4-18(17)22(28-27-21)26-24-12-14-10-16(32)6-8-20(14)30(35)36/h1-12,31-32H,(H,25,27)(H,26,28)/b23-11-,24-12-. The van der Waals surface area contributed by atoms with Crippen LogP contribution in [0, 0.1) is 20.2 Å². The lowest BCUT2D eigenvalue weighted by Crippen LogP contribution is -2.02. The minimum Gasteiger partial charge on any atom is -0.508 e. The van der Waals surface area contributed by atoms with E-state index in [0.29, 0.717) is 10.8 Å². The van der Waals surface area contributed by atoms with Gasteiger partial charge in [0.25, 0.3) is 11.4 Å². The van der Waals surface area contributed by atoms with E-state index in [2.05, 4.69) is 31.3 Å². The summed E-state index contributed by atoms with van der Waals surface area (Å²) in [4.78, 5) is 21.2. The molecule has 1 heterocycles. The van der Waals surface area contributed by atoms with Gasteiger partial charge in [0.2, 0.25) is 0 Å². The highest BCUT2D eigenvalue weighted by Gasteiger charge is 2.14. The molecule has 0 aliphatic rings. The van der Waals surface area contributed by atoms with Gasteiger partial charge in [-0.15, -0.1) is 10.2 Å². The largest absolute Gasteiger partial charge is 0.508 e. The fraction of sp³-hybridized carbons (Fsp3) is 0. The molecule has 0 atom stereocenters. The highest BCUT2D eigenvalue weighted by Crippen LogP contribution is 2.27. The summed E-state index contributed by atoms with van der Waals surface area (Å²) in [6, 6.07) is 14.1. The van der Waals surface area contributed by atoms with Gasteiger partial charge in [0, 0.05) is 22.9 Å². The van der Waals surface area contributed by atoms with E-state index in [1.807, 2.05) is 0 Å². The molecule has 3 aromatic carbocycles. The summed E-state index contributed by atoms with van der Waals surface area (Å²) in [5.41, 5.74) is 5.05. The number of hydrogen-bond acceptors (Lipinski definition) is 12. The molecule has 180 valence electrons. The van der Waals surface area contributed by atoms with Crippen molar-refractivity contribution < 1.29 is 20.1 Å². The highest BCUT2D eigenvalue weighted by atomic mass is 16.6. The number of benzene rings is 3. The Morgan fingerprint density at radius 3 is 1.53 bits per heavy atom. The highest BCUT2D eigenvalue weighted by molar-refractivity contribution is 5.99. The average molecular weight is 488 g/mol. The molecule has 4 N–H and O–H groups in total. The molecule has 0 aliphatic heterocycles. The molecule has 0 radical (unpaired) electrons. The van der Waals surface area contributed by atoms with Crippen LogP contribution < -0.4 is 10.9 Å². The van der Waals surface area contributed by atoms with Gasteiger partial charge in [-0.05, 0) is 24.3 Å². The van der Waals surface area contributed by atoms with Crippen LogP contribution in [0.1, 0.15) is 11.1 Å². The molecule has 14 heteroatoms. The zero-order chi connectivity index (χ0) is 25.7. The van der Waals surface area contributed by atoms with Gasteiger partial charge in [0.05, 0.1) is 33.4 Å². The number of nitrogens with zero attached hydrogens (tertiary/aromatic N) is 6. The number of aromatic nitrogens is 2. The molecular weight excluding hydrogens is 472 g/mol. The Hall–Kier alpha value is -5.66. The smallest absolute Gasteiger partial charge is 0.278 e. The number of fused-ring (bicyclic) bond motifs is 1. The third kappa shape index (κ3) is 5.12. The van der Waals surface area contributed by atoms with E-state index >= 15 is 0 Å². The summed E-state index contributed by atoms with van der Waals surface area (Å²) in [5, 5.41) is 58.8. The predicted octanol–water partition coefficient (Wildman–Crippen LogP) is 3.75. The summed E-state index contributed by atoms with van der Waals surface area (Å²) >= 11 is 0. The van der Waals surface area contributed by atoms with E-state index in [1.165, 1.54) is 36.7 Å². The summed E-state index contributed by atoms with van der Waals surface area (Å²) < 4.78 is 0. The first kappa shape index (κ1) is 23.5. The number of nitro groups is 2. The maximum absolute atomic E-state index is 11.2. The SMILES string of the molecule is O=[N+]([O-])c1ccc(O)cc1/C=N\Nc1nnc(N/N=C\c2cc(O)ccc2[N+](=O)[O-])c2ccccc12. The van der Waals surface area contributed by atoms with Crippen LogP contribution in [0.5, 0.6) is 11.5 Å². The lowest BCUT2D eigenvalue weighted by Gasteiger charge is -2.08. The Labute approximate surface area is 201 Å². The monoisotopic (exact) mass is 488 g/mol. The first-order valence-electron chi connectivity index (χ1n) is 10.1. The zero-order valence-electron chi connectivity index (χ0n) is 18.1. The van der Waals surface area contributed by atoms with Crippen molar-refractivity contribution in [3.05, 3.63) is 92.0 Å². The van der Waals surface area contributed by atoms with E-state index < -0.39 is 9.85 Å². The fourth-order valence-corrected chi connectivity index (χ4v) is 3.22. The lowest BCUT2D eigenvalue weighted by atomic mass is 10.2. The van der Waals surface area contributed by atoms with Crippen LogP contribution in [0.4, 0.5) is 23.0 Å². The van der Waals surface area contributed by atoms with Crippen LogP contribution in [-0.2, 0) is 0 Å². The van der Waals surface area contributed by atoms with Crippen LogP contribution in [-0.4, -0.2) is 42.7 Å². The third-order valence-corrected chi connectivity index (χ3v) is 4.85. The predicted molar refractivity (Wildman–Crippen MR) is 131 cm³/mol. The Bertz CT molecular complexity index is 1420. The average Bonchev–Trinajstić information content (AvgIpc) is 2.85. The van der Waals surface area contributed by atoms with Crippen LogP contribution in [0.15, 0.2) is 70.9 Å². The Morgan fingerprint density at radius 1 is 0.722 bits per heavy atom. The molecule has 14 nitrogen and oxygen atoms in total. The molecule has 0 aliphatic carbocycles. The minimum atomic E-state index is -0.595. The summed E-state index contributed by atoms with van der Waals surface area (Å²) in [6.45, 7) is 0. The fourth-order valence-electron chi connectivity index (χ4n) is 3.22. The van der Waals surface area contributed by atoms with Crippen molar-refractivity contribution in [3.63, 3.8) is 0 Å². The van der Waals surface area contributed by atoms with Crippen LogP contribution in [0.2, 0.25) is 0 Å². The molecule has 36 heavy (non-hydrogen) atoms. The number of nitrogens with one attached hydrogen (secondary N) is 2. The number of hydrogen-bond donors (Lipinski definition) is 4. The van der Waals surface area contributed by atoms with Gasteiger partial charge >= 0.3 is 0 Å². The van der Waals surface area contributed by atoms with Gasteiger partial charge in [0.15, 0.2) is 11.6 Å². The quantitative estimate of drug-likeness (QED) is 0.161. The van der Waals surface area contributed by atoms with Gasteiger partial charge in [-0.2, -0.15) is 10.2 Å². The summed E-state index contributed by atoms with van der Waals surface area (Å²) in [7, 11) is 0. The minimum absolute atomic E-state index is 0.0819. The molecule has 4 rings (SSSR count). The number of anilines is 2. The molecule has 0 amide bonds. The number of phenolic OH excluding ortho intramolecular Hbond substituents is 2. The van der Waals surface area contributed by atoms with Crippen molar-refractivity contribution in [2.45, 2.75) is 0 Å². The molecule has 0 saturated heterocycles. The van der Waals surface area contributed by atoms with Crippen LogP contribution in [0.3, 0.4) is 0 Å². The number of phenols is 2. The second kappa shape index (κ2) is 10.1. The second-order valence-corrected chi connectivity index (χ2v) is 7.18. The third-order valence-electron chi connectivity index (χ3n) is 4.85. The maximum atomic E-state index is 11.2. The van der Waals surface area contributed by atoms with Crippen LogP contribution in [0.25, 0.3) is 10.8 Å². The van der Waals surface area contributed by atoms with Gasteiger partial charge in [0.1, 0.15) is 11.5 Å². The van der Waals surface area contributed by atoms with Crippen molar-refractivity contribution in [1.29, 1.82) is 0 Å². The number of aromatic hydroxyl groups is 2. The van der Waals surface area contributed by atoms with Crippen molar-refractivity contribution in [2.24, 2.45) is 10.2 Å². The second-order valence-electron chi connectivity index (χ2n) is 7.18. The topological polar surface area (TPSA) is 201 Å². The Morgan fingerprint density at radius 2 is 1.14 bits per heavy atom. The Kier molecular flexibility index (Phi) is 6.58. The van der Waals surface area contributed by atoms with E-state index in [-0.39, 0.29) is 45.6 Å². The molecule has 1 aromatic heterocycles. The van der Waals surface area contributed by atoms with Gasteiger partial charge in [-0.25, -0.2) is 0 Å². The number of nitro benzene ring substituents is 2. The summed E-state index contributed by atoms with van der Waals surface area (Å²) in [6.07, 6.45) is 2.35. The maximum Gasteiger partial charge on any atom is 0.278 e.